The van der Waals surface area contributed by atoms with Crippen LogP contribution in [-0.4, -0.2) is 24.8 Å². The van der Waals surface area contributed by atoms with Crippen LogP contribution in [0, 0.1) is 0 Å². The van der Waals surface area contributed by atoms with E-state index in [9.17, 15) is 4.79 Å². The minimum Gasteiger partial charge on any atom is -0.456 e. The number of carbonyl (C=O) groups is 1. The molecule has 1 fully saturated rings. The summed E-state index contributed by atoms with van der Waals surface area (Å²) >= 11 is 0. The highest BCUT2D eigenvalue weighted by Crippen LogP contribution is 2.20. The molecule has 12 heavy (non-hydrogen) atoms. The van der Waals surface area contributed by atoms with Crippen molar-refractivity contribution in [3.05, 3.63) is 12.2 Å². The largest absolute Gasteiger partial charge is 0.456 e. The highest BCUT2D eigenvalue weighted by molar-refractivity contribution is 5.87. The summed E-state index contributed by atoms with van der Waals surface area (Å²) in [6.45, 7) is 7.83. The Bertz CT molecular complexity index is 194. The van der Waals surface area contributed by atoms with Crippen molar-refractivity contribution < 1.29 is 14.3 Å². The Kier molecular flexibility index (Phi) is 2.87. The average molecular weight is 170 g/mol. The zero-order valence-electron chi connectivity index (χ0n) is 7.50. The van der Waals surface area contributed by atoms with E-state index < -0.39 is 0 Å². The van der Waals surface area contributed by atoms with Crippen LogP contribution in [-0.2, 0) is 14.3 Å². The lowest BCUT2D eigenvalue weighted by molar-refractivity contribution is -0.145. The monoisotopic (exact) mass is 170 g/mol. The van der Waals surface area contributed by atoms with E-state index >= 15 is 0 Å². The smallest absolute Gasteiger partial charge is 0.333 e. The fraction of sp³-hybridized carbons (Fsp3) is 0.667. The number of hydrogen-bond donors (Lipinski definition) is 0. The first-order valence-electron chi connectivity index (χ1n) is 4.13. The number of epoxide rings is 1. The van der Waals surface area contributed by atoms with E-state index in [1.807, 2.05) is 6.92 Å². The third kappa shape index (κ3) is 2.34. The van der Waals surface area contributed by atoms with Crippen molar-refractivity contribution in [3.63, 3.8) is 0 Å². The van der Waals surface area contributed by atoms with Crippen LogP contribution in [0.15, 0.2) is 12.2 Å². The molecule has 0 aliphatic carbocycles. The second-order valence-corrected chi connectivity index (χ2v) is 3.00. The van der Waals surface area contributed by atoms with Gasteiger partial charge in [-0.05, 0) is 13.3 Å². The van der Waals surface area contributed by atoms with Crippen LogP contribution < -0.4 is 0 Å². The second-order valence-electron chi connectivity index (χ2n) is 3.00. The van der Waals surface area contributed by atoms with Gasteiger partial charge in [-0.25, -0.2) is 4.79 Å². The molecule has 3 heteroatoms. The molecule has 0 aromatic carbocycles. The first kappa shape index (κ1) is 9.26. The highest BCUT2D eigenvalue weighted by atomic mass is 16.6. The predicted octanol–water partition coefficient (Wildman–Crippen LogP) is 1.28. The molecular formula is C9H14O3. The molecule has 0 spiro atoms. The van der Waals surface area contributed by atoms with Gasteiger partial charge in [-0.1, -0.05) is 13.5 Å². The molecule has 0 radical (unpaired) electrons. The van der Waals surface area contributed by atoms with E-state index in [1.54, 1.807) is 6.92 Å². The first-order chi connectivity index (χ1) is 5.65. The maximum Gasteiger partial charge on any atom is 0.333 e. The van der Waals surface area contributed by atoms with Crippen LogP contribution in [0.2, 0.25) is 0 Å². The standard InChI is InChI=1S/C9H14O3/c1-4-7(8-5-11-8)12-9(10)6(2)3/h7-8H,2,4-5H2,1,3H3. The minimum atomic E-state index is -0.322. The average Bonchev–Trinajstić information content (AvgIpc) is 2.82. The Morgan fingerprint density at radius 1 is 1.83 bits per heavy atom. The Morgan fingerprint density at radius 2 is 2.42 bits per heavy atom. The lowest BCUT2D eigenvalue weighted by Crippen LogP contribution is -2.23. The maximum absolute atomic E-state index is 11.1. The van der Waals surface area contributed by atoms with Crippen molar-refractivity contribution in [2.75, 3.05) is 6.61 Å². The molecule has 0 aromatic heterocycles. The quantitative estimate of drug-likeness (QED) is 0.362. The Labute approximate surface area is 72.4 Å². The molecule has 3 nitrogen and oxygen atoms in total. The number of carbonyl (C=O) groups excluding carboxylic acids is 1. The molecule has 0 amide bonds. The molecular weight excluding hydrogens is 156 g/mol. The van der Waals surface area contributed by atoms with Gasteiger partial charge in [0.15, 0.2) is 0 Å². The van der Waals surface area contributed by atoms with Crippen LogP contribution in [0.25, 0.3) is 0 Å². The third-order valence-electron chi connectivity index (χ3n) is 1.78. The van der Waals surface area contributed by atoms with Gasteiger partial charge < -0.3 is 9.47 Å². The summed E-state index contributed by atoms with van der Waals surface area (Å²) in [6.07, 6.45) is 0.830. The number of ether oxygens (including phenoxy) is 2. The molecule has 1 aliphatic rings. The van der Waals surface area contributed by atoms with Gasteiger partial charge in [-0.15, -0.1) is 0 Å². The van der Waals surface area contributed by atoms with Crippen LogP contribution in [0.3, 0.4) is 0 Å². The van der Waals surface area contributed by atoms with Crippen LogP contribution in [0.1, 0.15) is 20.3 Å². The fourth-order valence-corrected chi connectivity index (χ4v) is 0.930. The van der Waals surface area contributed by atoms with Crippen molar-refractivity contribution >= 4 is 5.97 Å². The van der Waals surface area contributed by atoms with Gasteiger partial charge in [0.1, 0.15) is 12.2 Å². The Balaban J connectivity index is 2.36. The van der Waals surface area contributed by atoms with Gasteiger partial charge in [0, 0.05) is 5.57 Å². The molecule has 0 N–H and O–H groups in total. The van der Waals surface area contributed by atoms with E-state index in [4.69, 9.17) is 9.47 Å². The van der Waals surface area contributed by atoms with Gasteiger partial charge in [-0.2, -0.15) is 0 Å². The summed E-state index contributed by atoms with van der Waals surface area (Å²) in [6, 6.07) is 0. The van der Waals surface area contributed by atoms with Crippen LogP contribution >= 0.6 is 0 Å². The molecule has 1 rings (SSSR count). The third-order valence-corrected chi connectivity index (χ3v) is 1.78. The van der Waals surface area contributed by atoms with Gasteiger partial charge >= 0.3 is 5.97 Å². The zero-order chi connectivity index (χ0) is 9.14. The molecule has 1 saturated heterocycles. The zero-order valence-corrected chi connectivity index (χ0v) is 7.50. The first-order valence-corrected chi connectivity index (χ1v) is 4.13. The van der Waals surface area contributed by atoms with Gasteiger partial charge in [0.25, 0.3) is 0 Å². The number of hydrogen-bond acceptors (Lipinski definition) is 3. The number of esters is 1. The van der Waals surface area contributed by atoms with Gasteiger partial charge in [0.05, 0.1) is 6.61 Å². The molecule has 0 aromatic rings. The normalized spacial score (nSPS) is 23.0. The van der Waals surface area contributed by atoms with E-state index in [0.717, 1.165) is 6.42 Å². The summed E-state index contributed by atoms with van der Waals surface area (Å²) in [4.78, 5) is 11.1. The molecule has 68 valence electrons. The summed E-state index contributed by atoms with van der Waals surface area (Å²) in [5.41, 5.74) is 0.439. The van der Waals surface area contributed by atoms with Crippen molar-refractivity contribution in [2.24, 2.45) is 0 Å². The van der Waals surface area contributed by atoms with Crippen LogP contribution in [0.5, 0.6) is 0 Å². The van der Waals surface area contributed by atoms with E-state index in [0.29, 0.717) is 12.2 Å². The van der Waals surface area contributed by atoms with E-state index in [1.165, 1.54) is 0 Å². The van der Waals surface area contributed by atoms with Crippen molar-refractivity contribution in [1.82, 2.24) is 0 Å². The summed E-state index contributed by atoms with van der Waals surface area (Å²) in [7, 11) is 0. The maximum atomic E-state index is 11.1. The fourth-order valence-electron chi connectivity index (χ4n) is 0.930. The molecule has 2 unspecified atom stereocenters. The summed E-state index contributed by atoms with van der Waals surface area (Å²) in [5, 5.41) is 0. The Hall–Kier alpha value is -0.830. The van der Waals surface area contributed by atoms with Gasteiger partial charge in [0.2, 0.25) is 0 Å². The number of rotatable bonds is 4. The summed E-state index contributed by atoms with van der Waals surface area (Å²) < 4.78 is 10.2. The Morgan fingerprint density at radius 3 is 2.75 bits per heavy atom. The van der Waals surface area contributed by atoms with Crippen LogP contribution in [0.4, 0.5) is 0 Å². The molecule has 2 atom stereocenters. The highest BCUT2D eigenvalue weighted by Gasteiger charge is 2.34. The van der Waals surface area contributed by atoms with Crippen molar-refractivity contribution in [2.45, 2.75) is 32.5 Å². The molecule has 1 heterocycles. The van der Waals surface area contributed by atoms with E-state index in [-0.39, 0.29) is 18.2 Å². The minimum absolute atomic E-state index is 0.0887. The summed E-state index contributed by atoms with van der Waals surface area (Å²) in [5.74, 6) is -0.322. The molecule has 0 bridgehead atoms. The SMILES string of the molecule is C=C(C)C(=O)OC(CC)C1CO1. The topological polar surface area (TPSA) is 38.8 Å². The molecule has 1 aliphatic heterocycles. The van der Waals surface area contributed by atoms with Gasteiger partial charge in [-0.3, -0.25) is 0 Å². The molecule has 0 saturated carbocycles. The van der Waals surface area contributed by atoms with Crippen molar-refractivity contribution in [1.29, 1.82) is 0 Å². The predicted molar refractivity (Wildman–Crippen MR) is 44.7 cm³/mol. The second kappa shape index (κ2) is 3.72. The van der Waals surface area contributed by atoms with E-state index in [2.05, 4.69) is 6.58 Å². The van der Waals surface area contributed by atoms with Crippen molar-refractivity contribution in [3.8, 4) is 0 Å². The lowest BCUT2D eigenvalue weighted by atomic mass is 10.2. The lowest BCUT2D eigenvalue weighted by Gasteiger charge is -2.12.